The average molecular weight is 247 g/mol. The predicted molar refractivity (Wildman–Crippen MR) is 67.1 cm³/mol. The van der Waals surface area contributed by atoms with Crippen LogP contribution >= 0.6 is 0 Å². The van der Waals surface area contributed by atoms with E-state index >= 15 is 0 Å². The van der Waals surface area contributed by atoms with E-state index in [1.165, 1.54) is 6.08 Å². The zero-order valence-corrected chi connectivity index (χ0v) is 10.5. The number of aromatic nitrogens is 2. The fraction of sp³-hybridized carbons (Fsp3) is 0.462. The number of hydrogen-bond acceptors (Lipinski definition) is 3. The Labute approximate surface area is 106 Å². The van der Waals surface area contributed by atoms with Crippen LogP contribution in [0, 0.1) is 0 Å². The first-order valence-corrected chi connectivity index (χ1v) is 6.06. The number of nitrogens with zero attached hydrogens (tertiary/aromatic N) is 3. The monoisotopic (exact) mass is 247 g/mol. The van der Waals surface area contributed by atoms with Gasteiger partial charge in [-0.3, -0.25) is 14.3 Å². The molecule has 1 aromatic heterocycles. The molecule has 1 amide bonds. The Morgan fingerprint density at radius 3 is 3.00 bits per heavy atom. The Morgan fingerprint density at radius 1 is 1.61 bits per heavy atom. The molecule has 1 atom stereocenters. The zero-order chi connectivity index (χ0) is 13.1. The molecule has 18 heavy (non-hydrogen) atoms. The van der Waals surface area contributed by atoms with Gasteiger partial charge < -0.3 is 4.90 Å². The minimum absolute atomic E-state index is 0.00297. The molecule has 1 fully saturated rings. The first-order valence-electron chi connectivity index (χ1n) is 6.06. The third-order valence-corrected chi connectivity index (χ3v) is 3.28. The van der Waals surface area contributed by atoms with Crippen molar-refractivity contribution < 1.29 is 9.59 Å². The summed E-state index contributed by atoms with van der Waals surface area (Å²) in [6, 6.07) is 0.00297. The van der Waals surface area contributed by atoms with Crippen LogP contribution in [0.15, 0.2) is 25.0 Å². The highest BCUT2D eigenvalue weighted by molar-refractivity contribution is 5.96. The molecule has 1 aliphatic heterocycles. The highest BCUT2D eigenvalue weighted by atomic mass is 16.2. The van der Waals surface area contributed by atoms with Crippen LogP contribution in [0.3, 0.4) is 0 Å². The first kappa shape index (κ1) is 12.5. The van der Waals surface area contributed by atoms with Crippen LogP contribution in [-0.2, 0) is 11.8 Å². The molecular formula is C13H17N3O2. The van der Waals surface area contributed by atoms with Crippen LogP contribution < -0.4 is 0 Å². The van der Waals surface area contributed by atoms with E-state index in [-0.39, 0.29) is 17.7 Å². The number of carbonyl (C=O) groups excluding carboxylic acids is 2. The summed E-state index contributed by atoms with van der Waals surface area (Å²) in [5, 5.41) is 3.98. The minimum Gasteiger partial charge on any atom is -0.336 e. The van der Waals surface area contributed by atoms with Crippen molar-refractivity contribution in [2.24, 2.45) is 7.05 Å². The minimum atomic E-state index is -0.0866. The lowest BCUT2D eigenvalue weighted by Gasteiger charge is -2.22. The van der Waals surface area contributed by atoms with Crippen LogP contribution in [0.5, 0.6) is 0 Å². The predicted octanol–water partition coefficient (Wildman–Crippen LogP) is 1.17. The maximum atomic E-state index is 12.1. The number of hydrogen-bond donors (Lipinski definition) is 0. The molecule has 96 valence electrons. The van der Waals surface area contributed by atoms with Gasteiger partial charge in [-0.05, 0) is 18.9 Å². The molecule has 0 spiro atoms. The van der Waals surface area contributed by atoms with Crippen LogP contribution in [0.25, 0.3) is 0 Å². The van der Waals surface area contributed by atoms with Crippen LogP contribution in [0.1, 0.15) is 29.6 Å². The summed E-state index contributed by atoms with van der Waals surface area (Å²) < 4.78 is 1.61. The fourth-order valence-corrected chi connectivity index (χ4v) is 2.35. The summed E-state index contributed by atoms with van der Waals surface area (Å²) in [6.45, 7) is 4.21. The topological polar surface area (TPSA) is 55.2 Å². The van der Waals surface area contributed by atoms with E-state index < -0.39 is 0 Å². The van der Waals surface area contributed by atoms with E-state index in [9.17, 15) is 9.59 Å². The van der Waals surface area contributed by atoms with E-state index in [4.69, 9.17) is 0 Å². The number of likely N-dealkylation sites (tertiary alicyclic amines) is 1. The number of Topliss-reactive ketones (excluding diaryl/α,β-unsaturated/α-hetero) is 1. The Hall–Kier alpha value is -1.91. The molecule has 2 heterocycles. The van der Waals surface area contributed by atoms with Gasteiger partial charge in [-0.2, -0.15) is 5.10 Å². The summed E-state index contributed by atoms with van der Waals surface area (Å²) >= 11 is 0. The normalized spacial score (nSPS) is 18.9. The van der Waals surface area contributed by atoms with Crippen molar-refractivity contribution in [3.05, 3.63) is 30.6 Å². The lowest BCUT2D eigenvalue weighted by molar-refractivity contribution is -0.126. The summed E-state index contributed by atoms with van der Waals surface area (Å²) in [6.07, 6.45) is 6.78. The summed E-state index contributed by atoms with van der Waals surface area (Å²) in [5.74, 6) is -0.0478. The zero-order valence-electron chi connectivity index (χ0n) is 10.5. The maximum Gasteiger partial charge on any atom is 0.246 e. The van der Waals surface area contributed by atoms with Crippen LogP contribution in [0.4, 0.5) is 0 Å². The SMILES string of the molecule is C=CC(=O)N1CCCC1CC(=O)c1cnn(C)c1. The number of rotatable bonds is 4. The molecule has 0 N–H and O–H groups in total. The quantitative estimate of drug-likeness (QED) is 0.593. The molecule has 1 saturated heterocycles. The maximum absolute atomic E-state index is 12.1. The molecular weight excluding hydrogens is 230 g/mol. The second-order valence-corrected chi connectivity index (χ2v) is 4.56. The first-order chi connectivity index (χ1) is 8.61. The number of amides is 1. The van der Waals surface area contributed by atoms with Crippen molar-refractivity contribution in [3.63, 3.8) is 0 Å². The van der Waals surface area contributed by atoms with Gasteiger partial charge in [0.2, 0.25) is 5.91 Å². The van der Waals surface area contributed by atoms with Gasteiger partial charge in [-0.1, -0.05) is 6.58 Å². The molecule has 0 saturated carbocycles. The summed E-state index contributed by atoms with van der Waals surface area (Å²) in [4.78, 5) is 25.4. The van der Waals surface area contributed by atoms with E-state index in [1.54, 1.807) is 29.0 Å². The van der Waals surface area contributed by atoms with E-state index in [1.807, 2.05) is 0 Å². The van der Waals surface area contributed by atoms with Gasteiger partial charge in [0, 0.05) is 32.3 Å². The molecule has 1 unspecified atom stereocenters. The highest BCUT2D eigenvalue weighted by Gasteiger charge is 2.29. The molecule has 5 nitrogen and oxygen atoms in total. The Kier molecular flexibility index (Phi) is 3.60. The third-order valence-electron chi connectivity index (χ3n) is 3.28. The van der Waals surface area contributed by atoms with Gasteiger partial charge in [0.05, 0.1) is 11.8 Å². The van der Waals surface area contributed by atoms with Gasteiger partial charge in [-0.15, -0.1) is 0 Å². The van der Waals surface area contributed by atoms with Crippen molar-refractivity contribution in [2.45, 2.75) is 25.3 Å². The van der Waals surface area contributed by atoms with Gasteiger partial charge in [-0.25, -0.2) is 0 Å². The molecule has 0 radical (unpaired) electrons. The van der Waals surface area contributed by atoms with Gasteiger partial charge in [0.25, 0.3) is 0 Å². The molecule has 2 rings (SSSR count). The largest absolute Gasteiger partial charge is 0.336 e. The lowest BCUT2D eigenvalue weighted by Crippen LogP contribution is -2.35. The smallest absolute Gasteiger partial charge is 0.246 e. The fourth-order valence-electron chi connectivity index (χ4n) is 2.35. The van der Waals surface area contributed by atoms with Crippen LogP contribution in [0.2, 0.25) is 0 Å². The van der Waals surface area contributed by atoms with Crippen molar-refractivity contribution in [1.82, 2.24) is 14.7 Å². The standard InChI is InChI=1S/C13H17N3O2/c1-3-13(18)16-6-4-5-11(16)7-12(17)10-8-14-15(2)9-10/h3,8-9,11H,1,4-7H2,2H3. The summed E-state index contributed by atoms with van der Waals surface area (Å²) in [7, 11) is 1.78. The second-order valence-electron chi connectivity index (χ2n) is 4.56. The molecule has 5 heteroatoms. The number of aryl methyl sites for hydroxylation is 1. The summed E-state index contributed by atoms with van der Waals surface area (Å²) in [5.41, 5.74) is 0.607. The van der Waals surface area contributed by atoms with Gasteiger partial charge in [0.15, 0.2) is 5.78 Å². The van der Waals surface area contributed by atoms with E-state index in [0.29, 0.717) is 12.0 Å². The molecule has 1 aromatic rings. The molecule has 1 aliphatic rings. The Morgan fingerprint density at radius 2 is 2.39 bits per heavy atom. The average Bonchev–Trinajstić information content (AvgIpc) is 2.97. The van der Waals surface area contributed by atoms with E-state index in [2.05, 4.69) is 11.7 Å². The van der Waals surface area contributed by atoms with Crippen molar-refractivity contribution in [1.29, 1.82) is 0 Å². The Bertz CT molecular complexity index is 478. The van der Waals surface area contributed by atoms with Gasteiger partial charge in [0.1, 0.15) is 0 Å². The Balaban J connectivity index is 2.02. The van der Waals surface area contributed by atoms with Crippen molar-refractivity contribution in [3.8, 4) is 0 Å². The van der Waals surface area contributed by atoms with Crippen molar-refractivity contribution in [2.75, 3.05) is 6.54 Å². The second kappa shape index (κ2) is 5.16. The number of carbonyl (C=O) groups is 2. The van der Waals surface area contributed by atoms with Gasteiger partial charge >= 0.3 is 0 Å². The lowest BCUT2D eigenvalue weighted by atomic mass is 10.0. The third kappa shape index (κ3) is 2.50. The molecule has 0 aliphatic carbocycles. The van der Waals surface area contributed by atoms with E-state index in [0.717, 1.165) is 19.4 Å². The molecule has 0 aromatic carbocycles. The number of ketones is 1. The van der Waals surface area contributed by atoms with Crippen LogP contribution in [-0.4, -0.2) is 39.0 Å². The molecule has 0 bridgehead atoms. The van der Waals surface area contributed by atoms with Crippen molar-refractivity contribution >= 4 is 11.7 Å². The highest BCUT2D eigenvalue weighted by Crippen LogP contribution is 2.22.